The molecule has 1 heterocycles. The van der Waals surface area contributed by atoms with Crippen molar-refractivity contribution < 1.29 is 13.3 Å². The van der Waals surface area contributed by atoms with E-state index in [2.05, 4.69) is 9.71 Å². The number of anilines is 1. The van der Waals surface area contributed by atoms with E-state index in [-0.39, 0.29) is 11.3 Å². The van der Waals surface area contributed by atoms with Gasteiger partial charge in [0.25, 0.3) is 5.69 Å². The molecule has 0 unspecified atom stereocenters. The molecule has 0 aliphatic heterocycles. The molecule has 0 aliphatic carbocycles. The number of nitro benzene ring substituents is 1. The number of nitrogens with one attached hydrogen (secondary N) is 2. The monoisotopic (exact) mass is 331 g/mol. The molecular weight excluding hydrogens is 318 g/mol. The molecule has 0 saturated heterocycles. The Morgan fingerprint density at radius 2 is 1.91 bits per heavy atom. The Labute approximate surface area is 132 Å². The molecule has 0 atom stereocenters. The second-order valence-electron chi connectivity index (χ2n) is 5.03. The molecule has 23 heavy (non-hydrogen) atoms. The summed E-state index contributed by atoms with van der Waals surface area (Å²) in [5, 5.41) is 11.8. The fourth-order valence-corrected chi connectivity index (χ4v) is 3.56. The standard InChI is InChI=1S/C15H13N3O4S/c19-18(20)15-4-2-1-3-12(15)10-23(21,22)17-13-5-6-14-11(9-13)7-8-16-14/h1-9,16-17H,10H2. The number of nitrogens with zero attached hydrogens (tertiary/aromatic N) is 1. The van der Waals surface area contributed by atoms with Gasteiger partial charge in [-0.3, -0.25) is 14.8 Å². The van der Waals surface area contributed by atoms with Gasteiger partial charge in [-0.2, -0.15) is 0 Å². The first-order chi connectivity index (χ1) is 10.9. The molecule has 0 spiro atoms. The van der Waals surface area contributed by atoms with Crippen LogP contribution in [0, 0.1) is 10.1 Å². The van der Waals surface area contributed by atoms with Crippen LogP contribution in [0.15, 0.2) is 54.7 Å². The number of para-hydroxylation sites is 1. The van der Waals surface area contributed by atoms with Crippen molar-refractivity contribution in [2.24, 2.45) is 0 Å². The third-order valence-electron chi connectivity index (χ3n) is 3.36. The summed E-state index contributed by atoms with van der Waals surface area (Å²) in [7, 11) is -3.76. The Balaban J connectivity index is 1.86. The first kappa shape index (κ1) is 15.0. The number of H-pyrrole nitrogens is 1. The zero-order chi connectivity index (χ0) is 16.4. The van der Waals surface area contributed by atoms with Crippen molar-refractivity contribution in [3.8, 4) is 0 Å². The first-order valence-corrected chi connectivity index (χ1v) is 8.40. The number of aromatic amines is 1. The van der Waals surface area contributed by atoms with Gasteiger partial charge in [-0.05, 0) is 24.3 Å². The minimum absolute atomic E-state index is 0.146. The third kappa shape index (κ3) is 3.32. The van der Waals surface area contributed by atoms with Gasteiger partial charge in [-0.1, -0.05) is 18.2 Å². The Kier molecular flexibility index (Phi) is 3.75. The maximum atomic E-state index is 12.3. The Hall–Kier alpha value is -2.87. The highest BCUT2D eigenvalue weighted by atomic mass is 32.2. The highest BCUT2D eigenvalue weighted by molar-refractivity contribution is 7.91. The van der Waals surface area contributed by atoms with Crippen LogP contribution < -0.4 is 4.72 Å². The van der Waals surface area contributed by atoms with Crippen LogP contribution in [0.2, 0.25) is 0 Å². The molecule has 1 aromatic heterocycles. The maximum Gasteiger partial charge on any atom is 0.273 e. The van der Waals surface area contributed by atoms with Crippen LogP contribution in [-0.4, -0.2) is 18.3 Å². The van der Waals surface area contributed by atoms with Gasteiger partial charge in [0.15, 0.2) is 0 Å². The largest absolute Gasteiger partial charge is 0.361 e. The molecule has 2 N–H and O–H groups in total. The smallest absolute Gasteiger partial charge is 0.273 e. The van der Waals surface area contributed by atoms with Crippen LogP contribution >= 0.6 is 0 Å². The van der Waals surface area contributed by atoms with Crippen LogP contribution in [0.4, 0.5) is 11.4 Å². The molecule has 0 fully saturated rings. The summed E-state index contributed by atoms with van der Waals surface area (Å²) in [6.45, 7) is 0. The fraction of sp³-hybridized carbons (Fsp3) is 0.0667. The minimum Gasteiger partial charge on any atom is -0.361 e. The minimum atomic E-state index is -3.76. The van der Waals surface area contributed by atoms with E-state index in [1.807, 2.05) is 6.07 Å². The summed E-state index contributed by atoms with van der Waals surface area (Å²) in [4.78, 5) is 13.4. The van der Waals surface area contributed by atoms with E-state index in [0.29, 0.717) is 5.69 Å². The Bertz CT molecular complexity index is 979. The van der Waals surface area contributed by atoms with Crippen molar-refractivity contribution in [3.63, 3.8) is 0 Å². The predicted octanol–water partition coefficient (Wildman–Crippen LogP) is 3.02. The van der Waals surface area contributed by atoms with Crippen molar-refractivity contribution in [1.29, 1.82) is 0 Å². The van der Waals surface area contributed by atoms with Crippen molar-refractivity contribution >= 4 is 32.3 Å². The Morgan fingerprint density at radius 3 is 2.70 bits per heavy atom. The Morgan fingerprint density at radius 1 is 1.13 bits per heavy atom. The average Bonchev–Trinajstić information content (AvgIpc) is 2.94. The van der Waals surface area contributed by atoms with Gasteiger partial charge in [0.2, 0.25) is 10.0 Å². The SMILES string of the molecule is O=[N+]([O-])c1ccccc1CS(=O)(=O)Nc1ccc2[nH]ccc2c1. The van der Waals surface area contributed by atoms with Crippen molar-refractivity contribution in [1.82, 2.24) is 4.98 Å². The van der Waals surface area contributed by atoms with Gasteiger partial charge in [-0.25, -0.2) is 8.42 Å². The van der Waals surface area contributed by atoms with E-state index in [0.717, 1.165) is 10.9 Å². The zero-order valence-corrected chi connectivity index (χ0v) is 12.7. The zero-order valence-electron chi connectivity index (χ0n) is 11.9. The molecule has 0 aliphatic rings. The number of rotatable bonds is 5. The average molecular weight is 331 g/mol. The van der Waals surface area contributed by atoms with Crippen LogP contribution in [0.5, 0.6) is 0 Å². The summed E-state index contributed by atoms with van der Waals surface area (Å²) in [6.07, 6.45) is 1.76. The molecule has 3 rings (SSSR count). The van der Waals surface area contributed by atoms with Gasteiger partial charge in [-0.15, -0.1) is 0 Å². The van der Waals surface area contributed by atoms with E-state index in [1.54, 1.807) is 30.5 Å². The molecule has 3 aromatic rings. The lowest BCUT2D eigenvalue weighted by molar-refractivity contribution is -0.385. The van der Waals surface area contributed by atoms with Crippen LogP contribution in [0.1, 0.15) is 5.56 Å². The quantitative estimate of drug-likeness (QED) is 0.553. The number of hydrogen-bond donors (Lipinski definition) is 2. The van der Waals surface area contributed by atoms with Gasteiger partial charge in [0.05, 0.1) is 4.92 Å². The number of benzene rings is 2. The van der Waals surface area contributed by atoms with E-state index in [9.17, 15) is 18.5 Å². The maximum absolute atomic E-state index is 12.3. The van der Waals surface area contributed by atoms with Gasteiger partial charge < -0.3 is 4.98 Å². The highest BCUT2D eigenvalue weighted by Crippen LogP contribution is 2.23. The molecule has 7 nitrogen and oxygen atoms in total. The molecule has 0 saturated carbocycles. The second-order valence-corrected chi connectivity index (χ2v) is 6.75. The number of fused-ring (bicyclic) bond motifs is 1. The van der Waals surface area contributed by atoms with Crippen molar-refractivity contribution in [2.75, 3.05) is 4.72 Å². The number of hydrogen-bond acceptors (Lipinski definition) is 4. The summed E-state index contributed by atoms with van der Waals surface area (Å²) < 4.78 is 27.0. The van der Waals surface area contributed by atoms with Crippen LogP contribution in [0.3, 0.4) is 0 Å². The van der Waals surface area contributed by atoms with E-state index < -0.39 is 20.7 Å². The van der Waals surface area contributed by atoms with Gasteiger partial charge in [0, 0.05) is 34.4 Å². The molecule has 8 heteroatoms. The lowest BCUT2D eigenvalue weighted by Gasteiger charge is -2.08. The fourth-order valence-electron chi connectivity index (χ4n) is 2.35. The third-order valence-corrected chi connectivity index (χ3v) is 4.60. The number of nitro groups is 1. The van der Waals surface area contributed by atoms with E-state index >= 15 is 0 Å². The molecule has 0 bridgehead atoms. The van der Waals surface area contributed by atoms with Gasteiger partial charge >= 0.3 is 0 Å². The predicted molar refractivity (Wildman–Crippen MR) is 87.6 cm³/mol. The highest BCUT2D eigenvalue weighted by Gasteiger charge is 2.19. The van der Waals surface area contributed by atoms with Crippen LogP contribution in [0.25, 0.3) is 10.9 Å². The molecular formula is C15H13N3O4S. The second kappa shape index (κ2) is 5.73. The summed E-state index contributed by atoms with van der Waals surface area (Å²) in [5.41, 5.74) is 1.24. The topological polar surface area (TPSA) is 105 Å². The summed E-state index contributed by atoms with van der Waals surface area (Å²) in [5.74, 6) is -0.463. The number of sulfonamides is 1. The molecule has 0 radical (unpaired) electrons. The molecule has 118 valence electrons. The molecule has 0 amide bonds. The van der Waals surface area contributed by atoms with Gasteiger partial charge in [0.1, 0.15) is 5.75 Å². The van der Waals surface area contributed by atoms with Crippen molar-refractivity contribution in [3.05, 3.63) is 70.4 Å². The number of aromatic nitrogens is 1. The summed E-state index contributed by atoms with van der Waals surface area (Å²) in [6, 6.07) is 12.7. The lowest BCUT2D eigenvalue weighted by Crippen LogP contribution is -2.15. The molecule has 2 aromatic carbocycles. The van der Waals surface area contributed by atoms with Crippen LogP contribution in [-0.2, 0) is 15.8 Å². The van der Waals surface area contributed by atoms with E-state index in [4.69, 9.17) is 0 Å². The summed E-state index contributed by atoms with van der Waals surface area (Å²) >= 11 is 0. The van der Waals surface area contributed by atoms with Crippen molar-refractivity contribution in [2.45, 2.75) is 5.75 Å². The lowest BCUT2D eigenvalue weighted by atomic mass is 10.2. The van der Waals surface area contributed by atoms with E-state index in [1.165, 1.54) is 18.2 Å². The first-order valence-electron chi connectivity index (χ1n) is 6.74. The normalized spacial score (nSPS) is 11.5.